The van der Waals surface area contributed by atoms with Crippen LogP contribution in [-0.2, 0) is 4.79 Å². The Morgan fingerprint density at radius 2 is 2.05 bits per heavy atom. The van der Waals surface area contributed by atoms with Crippen LogP contribution in [0.1, 0.15) is 41.9 Å². The van der Waals surface area contributed by atoms with Crippen molar-refractivity contribution < 1.29 is 14.7 Å². The van der Waals surface area contributed by atoms with Crippen LogP contribution in [0.25, 0.3) is 5.65 Å². The molecule has 0 aromatic carbocycles. The summed E-state index contributed by atoms with van der Waals surface area (Å²) in [5.41, 5.74) is 1.26. The molecule has 0 saturated carbocycles. The molecule has 0 radical (unpaired) electrons. The molecular weight excluding hydrogens is 272 g/mol. The Balaban J connectivity index is 1.82. The maximum absolute atomic E-state index is 12.0. The molecule has 0 atom stereocenters. The second kappa shape index (κ2) is 6.83. The first-order valence-corrected chi connectivity index (χ1v) is 6.89. The smallest absolute Gasteiger partial charge is 0.303 e. The van der Waals surface area contributed by atoms with E-state index in [-0.39, 0.29) is 12.3 Å². The Hall–Kier alpha value is -2.44. The standard InChI is InChI=1S/C14H18N4O3/c1-10-16-17-12-7-6-11(9-18(10)12)14(21)15-8-4-2-3-5-13(19)20/h6-7,9H,2-5,8H2,1H3,(H,15,21)(H,19,20). The van der Waals surface area contributed by atoms with Crippen LogP contribution in [0, 0.1) is 6.92 Å². The molecule has 2 aromatic rings. The number of rotatable bonds is 7. The van der Waals surface area contributed by atoms with Crippen molar-refractivity contribution in [3.05, 3.63) is 29.7 Å². The maximum Gasteiger partial charge on any atom is 0.303 e. The minimum absolute atomic E-state index is 0.150. The summed E-state index contributed by atoms with van der Waals surface area (Å²) in [4.78, 5) is 22.4. The van der Waals surface area contributed by atoms with Crippen LogP contribution in [0.15, 0.2) is 18.3 Å². The molecule has 0 aliphatic rings. The maximum atomic E-state index is 12.0. The van der Waals surface area contributed by atoms with E-state index >= 15 is 0 Å². The number of unbranched alkanes of at least 4 members (excludes halogenated alkanes) is 2. The van der Waals surface area contributed by atoms with Gasteiger partial charge in [0.05, 0.1) is 5.56 Å². The van der Waals surface area contributed by atoms with Gasteiger partial charge in [-0.3, -0.25) is 14.0 Å². The molecule has 2 aromatic heterocycles. The highest BCUT2D eigenvalue weighted by atomic mass is 16.4. The molecule has 0 bridgehead atoms. The highest BCUT2D eigenvalue weighted by Crippen LogP contribution is 2.06. The fourth-order valence-corrected chi connectivity index (χ4v) is 2.02. The number of hydrogen-bond donors (Lipinski definition) is 2. The highest BCUT2D eigenvalue weighted by Gasteiger charge is 2.08. The van der Waals surface area contributed by atoms with E-state index < -0.39 is 5.97 Å². The molecule has 2 N–H and O–H groups in total. The number of fused-ring (bicyclic) bond motifs is 1. The van der Waals surface area contributed by atoms with Crippen molar-refractivity contribution >= 4 is 17.5 Å². The van der Waals surface area contributed by atoms with Gasteiger partial charge in [0.2, 0.25) is 0 Å². The monoisotopic (exact) mass is 290 g/mol. The van der Waals surface area contributed by atoms with Gasteiger partial charge < -0.3 is 10.4 Å². The second-order valence-electron chi connectivity index (χ2n) is 4.85. The Bertz CT molecular complexity index is 651. The SMILES string of the molecule is Cc1nnc2ccc(C(=O)NCCCCCC(=O)O)cn12. The van der Waals surface area contributed by atoms with Crippen molar-refractivity contribution in [3.8, 4) is 0 Å². The predicted octanol–water partition coefficient (Wildman–Crippen LogP) is 1.41. The minimum Gasteiger partial charge on any atom is -0.481 e. The van der Waals surface area contributed by atoms with Gasteiger partial charge >= 0.3 is 5.97 Å². The van der Waals surface area contributed by atoms with Gasteiger partial charge in [-0.2, -0.15) is 0 Å². The number of carboxylic acid groups (broad SMARTS) is 1. The molecule has 0 aliphatic carbocycles. The molecule has 7 nitrogen and oxygen atoms in total. The number of pyridine rings is 1. The summed E-state index contributed by atoms with van der Waals surface area (Å²) in [6, 6.07) is 3.46. The summed E-state index contributed by atoms with van der Waals surface area (Å²) >= 11 is 0. The summed E-state index contributed by atoms with van der Waals surface area (Å²) in [5.74, 6) is -0.201. The lowest BCUT2D eigenvalue weighted by atomic mass is 10.2. The number of amides is 1. The summed E-state index contributed by atoms with van der Waals surface area (Å²) < 4.78 is 1.77. The van der Waals surface area contributed by atoms with Crippen LogP contribution < -0.4 is 5.32 Å². The number of carboxylic acids is 1. The third-order valence-electron chi connectivity index (χ3n) is 3.19. The van der Waals surface area contributed by atoms with Gasteiger partial charge in [0.25, 0.3) is 5.91 Å². The normalized spacial score (nSPS) is 10.7. The molecule has 2 heterocycles. The number of aromatic nitrogens is 3. The number of nitrogens with one attached hydrogen (secondary N) is 1. The van der Waals surface area contributed by atoms with Crippen LogP contribution in [0.4, 0.5) is 0 Å². The van der Waals surface area contributed by atoms with Crippen LogP contribution in [0.3, 0.4) is 0 Å². The molecule has 7 heteroatoms. The second-order valence-corrected chi connectivity index (χ2v) is 4.85. The molecule has 1 amide bonds. The molecule has 0 saturated heterocycles. The lowest BCUT2D eigenvalue weighted by Gasteiger charge is -2.05. The first-order chi connectivity index (χ1) is 10.1. The lowest BCUT2D eigenvalue weighted by Crippen LogP contribution is -2.24. The molecule has 21 heavy (non-hydrogen) atoms. The first kappa shape index (κ1) is 15.0. The van der Waals surface area contributed by atoms with Crippen molar-refractivity contribution in [1.29, 1.82) is 0 Å². The molecule has 2 rings (SSSR count). The van der Waals surface area contributed by atoms with Crippen LogP contribution in [0.5, 0.6) is 0 Å². The summed E-state index contributed by atoms with van der Waals surface area (Å²) in [6.07, 6.45) is 4.09. The third kappa shape index (κ3) is 4.01. The van der Waals surface area contributed by atoms with E-state index in [0.717, 1.165) is 18.7 Å². The van der Waals surface area contributed by atoms with Gasteiger partial charge in [0, 0.05) is 19.2 Å². The van der Waals surface area contributed by atoms with Gasteiger partial charge in [0.15, 0.2) is 5.65 Å². The number of carbonyl (C=O) groups is 2. The van der Waals surface area contributed by atoms with E-state index in [1.54, 1.807) is 22.7 Å². The van der Waals surface area contributed by atoms with Crippen molar-refractivity contribution in [2.24, 2.45) is 0 Å². The number of carbonyl (C=O) groups excluding carboxylic acids is 1. The molecular formula is C14H18N4O3. The van der Waals surface area contributed by atoms with Crippen LogP contribution in [-0.4, -0.2) is 38.1 Å². The van der Waals surface area contributed by atoms with Crippen molar-refractivity contribution in [3.63, 3.8) is 0 Å². The number of hydrogen-bond acceptors (Lipinski definition) is 4. The average Bonchev–Trinajstić information content (AvgIpc) is 2.83. The van der Waals surface area contributed by atoms with E-state index in [0.29, 0.717) is 24.2 Å². The van der Waals surface area contributed by atoms with Gasteiger partial charge in [-0.15, -0.1) is 10.2 Å². The summed E-state index contributed by atoms with van der Waals surface area (Å²) in [6.45, 7) is 2.36. The number of nitrogens with zero attached hydrogens (tertiary/aromatic N) is 3. The predicted molar refractivity (Wildman–Crippen MR) is 76.2 cm³/mol. The quantitative estimate of drug-likeness (QED) is 0.752. The van der Waals surface area contributed by atoms with E-state index in [2.05, 4.69) is 15.5 Å². The minimum atomic E-state index is -0.781. The Kier molecular flexibility index (Phi) is 4.86. The van der Waals surface area contributed by atoms with Gasteiger partial charge in [-0.25, -0.2) is 0 Å². The van der Waals surface area contributed by atoms with E-state index in [1.165, 1.54) is 0 Å². The Morgan fingerprint density at radius 3 is 2.81 bits per heavy atom. The zero-order valence-electron chi connectivity index (χ0n) is 11.9. The topological polar surface area (TPSA) is 96.6 Å². The summed E-state index contributed by atoms with van der Waals surface area (Å²) in [7, 11) is 0. The third-order valence-corrected chi connectivity index (χ3v) is 3.19. The fourth-order valence-electron chi connectivity index (χ4n) is 2.02. The molecule has 0 unspecified atom stereocenters. The zero-order valence-corrected chi connectivity index (χ0v) is 11.9. The first-order valence-electron chi connectivity index (χ1n) is 6.89. The number of aliphatic carboxylic acids is 1. The van der Waals surface area contributed by atoms with Gasteiger partial charge in [0.1, 0.15) is 5.82 Å². The highest BCUT2D eigenvalue weighted by molar-refractivity contribution is 5.94. The molecule has 112 valence electrons. The van der Waals surface area contributed by atoms with Gasteiger partial charge in [-0.05, 0) is 31.9 Å². The van der Waals surface area contributed by atoms with Crippen molar-refractivity contribution in [2.45, 2.75) is 32.6 Å². The van der Waals surface area contributed by atoms with Crippen LogP contribution >= 0.6 is 0 Å². The molecule has 0 aliphatic heterocycles. The van der Waals surface area contributed by atoms with Gasteiger partial charge in [-0.1, -0.05) is 6.42 Å². The molecule has 0 spiro atoms. The average molecular weight is 290 g/mol. The fraction of sp³-hybridized carbons (Fsp3) is 0.429. The largest absolute Gasteiger partial charge is 0.481 e. The van der Waals surface area contributed by atoms with Crippen LogP contribution in [0.2, 0.25) is 0 Å². The van der Waals surface area contributed by atoms with Crippen molar-refractivity contribution in [1.82, 2.24) is 19.9 Å². The van der Waals surface area contributed by atoms with E-state index in [1.807, 2.05) is 6.92 Å². The van der Waals surface area contributed by atoms with E-state index in [9.17, 15) is 9.59 Å². The summed E-state index contributed by atoms with van der Waals surface area (Å²) in [5, 5.41) is 19.2. The Labute approximate surface area is 122 Å². The Morgan fingerprint density at radius 1 is 1.24 bits per heavy atom. The van der Waals surface area contributed by atoms with E-state index in [4.69, 9.17) is 5.11 Å². The molecule has 0 fully saturated rings. The van der Waals surface area contributed by atoms with Crippen molar-refractivity contribution in [2.75, 3.05) is 6.54 Å². The lowest BCUT2D eigenvalue weighted by molar-refractivity contribution is -0.137. The number of aryl methyl sites for hydroxylation is 1. The zero-order chi connectivity index (χ0) is 15.2.